The van der Waals surface area contributed by atoms with Crippen molar-refractivity contribution < 1.29 is 13.9 Å². The van der Waals surface area contributed by atoms with Crippen LogP contribution in [-0.2, 0) is 11.3 Å². The van der Waals surface area contributed by atoms with Crippen molar-refractivity contribution in [2.75, 3.05) is 12.0 Å². The Kier molecular flexibility index (Phi) is 5.16. The van der Waals surface area contributed by atoms with Crippen molar-refractivity contribution in [2.24, 2.45) is 0 Å². The molecule has 0 spiro atoms. The highest BCUT2D eigenvalue weighted by Crippen LogP contribution is 2.26. The molecule has 6 heteroatoms. The number of ether oxygens (including phenoxy) is 1. The highest BCUT2D eigenvalue weighted by molar-refractivity contribution is 6.01. The summed E-state index contributed by atoms with van der Waals surface area (Å²) in [6.45, 7) is 7.86. The first-order chi connectivity index (χ1) is 11.0. The molecule has 0 N–H and O–H groups in total. The van der Waals surface area contributed by atoms with Gasteiger partial charge in [-0.3, -0.25) is 9.48 Å². The molecule has 2 aromatic rings. The fourth-order valence-electron chi connectivity index (χ4n) is 2.32. The number of amides is 1. The molecule has 23 heavy (non-hydrogen) atoms. The molecule has 0 atom stereocenters. The molecule has 0 bridgehead atoms. The lowest BCUT2D eigenvalue weighted by Crippen LogP contribution is -2.30. The number of carbonyl (C=O) groups excluding carboxylic acids is 1. The minimum Gasteiger partial charge on any atom is -0.494 e. The number of halogens is 1. The summed E-state index contributed by atoms with van der Waals surface area (Å²) in [6.07, 6.45) is 2.92. The summed E-state index contributed by atoms with van der Waals surface area (Å²) in [6, 6.07) is 6.33. The van der Waals surface area contributed by atoms with E-state index in [0.717, 1.165) is 5.69 Å². The average Bonchev–Trinajstić information content (AvgIpc) is 3.01. The highest BCUT2D eigenvalue weighted by Gasteiger charge is 2.18. The van der Waals surface area contributed by atoms with Gasteiger partial charge < -0.3 is 9.64 Å². The molecule has 1 aromatic heterocycles. The van der Waals surface area contributed by atoms with Gasteiger partial charge in [0.1, 0.15) is 0 Å². The quantitative estimate of drug-likeness (QED) is 0.768. The largest absolute Gasteiger partial charge is 0.494 e. The summed E-state index contributed by atoms with van der Waals surface area (Å²) < 4.78 is 20.4. The Morgan fingerprint density at radius 1 is 1.48 bits per heavy atom. The van der Waals surface area contributed by atoms with Crippen LogP contribution in [0.25, 0.3) is 0 Å². The standard InChI is InChI=1S/C17H20FN3O2/c1-5-17(22)20(11-14-8-9-19-21(14)12(2)3)13-6-7-15(18)16(10-13)23-4/h5-10,12H,1,11H2,2-4H3. The second kappa shape index (κ2) is 7.09. The van der Waals surface area contributed by atoms with Crippen molar-refractivity contribution in [3.05, 3.63) is 54.6 Å². The third-order valence-corrected chi connectivity index (χ3v) is 3.45. The van der Waals surface area contributed by atoms with Crippen LogP contribution in [0.1, 0.15) is 25.6 Å². The van der Waals surface area contributed by atoms with Gasteiger partial charge in [-0.1, -0.05) is 6.58 Å². The Labute approximate surface area is 135 Å². The van der Waals surface area contributed by atoms with Crippen LogP contribution in [0.2, 0.25) is 0 Å². The molecule has 0 aliphatic carbocycles. The lowest BCUT2D eigenvalue weighted by atomic mass is 10.2. The van der Waals surface area contributed by atoms with E-state index in [1.54, 1.807) is 6.20 Å². The molecule has 1 heterocycles. The summed E-state index contributed by atoms with van der Waals surface area (Å²) in [5.74, 6) is -0.675. The fourth-order valence-corrected chi connectivity index (χ4v) is 2.32. The SMILES string of the molecule is C=CC(=O)N(Cc1ccnn1C(C)C)c1ccc(F)c(OC)c1. The number of hydrogen-bond donors (Lipinski definition) is 0. The molecule has 1 amide bonds. The van der Waals surface area contributed by atoms with Crippen LogP contribution in [0.15, 0.2) is 43.1 Å². The minimum absolute atomic E-state index is 0.0849. The van der Waals surface area contributed by atoms with Gasteiger partial charge in [-0.2, -0.15) is 5.10 Å². The number of aromatic nitrogens is 2. The lowest BCUT2D eigenvalue weighted by Gasteiger charge is -2.23. The fraction of sp³-hybridized carbons (Fsp3) is 0.294. The molecule has 122 valence electrons. The second-order valence-corrected chi connectivity index (χ2v) is 5.31. The van der Waals surface area contributed by atoms with Gasteiger partial charge in [0, 0.05) is 24.0 Å². The zero-order valence-corrected chi connectivity index (χ0v) is 13.5. The summed E-state index contributed by atoms with van der Waals surface area (Å²) in [4.78, 5) is 13.8. The first-order valence-corrected chi connectivity index (χ1v) is 7.27. The van der Waals surface area contributed by atoms with E-state index < -0.39 is 5.82 Å². The Morgan fingerprint density at radius 2 is 2.22 bits per heavy atom. The van der Waals surface area contributed by atoms with Crippen molar-refractivity contribution in [1.29, 1.82) is 0 Å². The molecule has 0 saturated carbocycles. The average molecular weight is 317 g/mol. The van der Waals surface area contributed by atoms with Crippen LogP contribution in [0.4, 0.5) is 10.1 Å². The third kappa shape index (κ3) is 3.59. The van der Waals surface area contributed by atoms with E-state index in [1.165, 1.54) is 36.3 Å². The van der Waals surface area contributed by atoms with Crippen LogP contribution in [0, 0.1) is 5.82 Å². The molecule has 1 aromatic carbocycles. The molecule has 5 nitrogen and oxygen atoms in total. The summed E-state index contributed by atoms with van der Waals surface area (Å²) >= 11 is 0. The Balaban J connectivity index is 2.40. The number of rotatable bonds is 6. The van der Waals surface area contributed by atoms with Gasteiger partial charge in [-0.05, 0) is 38.1 Å². The maximum absolute atomic E-state index is 13.6. The van der Waals surface area contributed by atoms with E-state index in [1.807, 2.05) is 24.6 Å². The number of anilines is 1. The van der Waals surface area contributed by atoms with E-state index in [0.29, 0.717) is 12.2 Å². The predicted octanol–water partition coefficient (Wildman–Crippen LogP) is 3.33. The molecule has 2 rings (SSSR count). The number of methoxy groups -OCH3 is 1. The van der Waals surface area contributed by atoms with Crippen LogP contribution in [0.3, 0.4) is 0 Å². The monoisotopic (exact) mass is 317 g/mol. The molecule has 0 fully saturated rings. The maximum Gasteiger partial charge on any atom is 0.250 e. The van der Waals surface area contributed by atoms with Crippen LogP contribution in [0.5, 0.6) is 5.75 Å². The summed E-state index contributed by atoms with van der Waals surface area (Å²) in [7, 11) is 1.38. The molecular weight excluding hydrogens is 297 g/mol. The van der Waals surface area contributed by atoms with Crippen molar-refractivity contribution in [1.82, 2.24) is 9.78 Å². The third-order valence-electron chi connectivity index (χ3n) is 3.45. The lowest BCUT2D eigenvalue weighted by molar-refractivity contribution is -0.114. The molecule has 0 aliphatic rings. The van der Waals surface area contributed by atoms with Crippen molar-refractivity contribution in [2.45, 2.75) is 26.4 Å². The number of hydrogen-bond acceptors (Lipinski definition) is 3. The second-order valence-electron chi connectivity index (χ2n) is 5.31. The van der Waals surface area contributed by atoms with Gasteiger partial charge in [0.25, 0.3) is 5.91 Å². The first kappa shape index (κ1) is 16.7. The van der Waals surface area contributed by atoms with Gasteiger partial charge in [0.05, 0.1) is 19.3 Å². The first-order valence-electron chi connectivity index (χ1n) is 7.27. The number of nitrogens with zero attached hydrogens (tertiary/aromatic N) is 3. The summed E-state index contributed by atoms with van der Waals surface area (Å²) in [5.41, 5.74) is 1.41. The topological polar surface area (TPSA) is 47.4 Å². The van der Waals surface area contributed by atoms with Crippen LogP contribution >= 0.6 is 0 Å². The maximum atomic E-state index is 13.6. The minimum atomic E-state index is -0.477. The van der Waals surface area contributed by atoms with E-state index >= 15 is 0 Å². The zero-order chi connectivity index (χ0) is 17.0. The van der Waals surface area contributed by atoms with E-state index in [4.69, 9.17) is 4.74 Å². The Morgan fingerprint density at radius 3 is 2.83 bits per heavy atom. The molecule has 0 saturated heterocycles. The summed E-state index contributed by atoms with van der Waals surface area (Å²) in [5, 5.41) is 4.26. The number of benzene rings is 1. The molecule has 0 unspecified atom stereocenters. The Bertz CT molecular complexity index is 710. The molecule has 0 aliphatic heterocycles. The molecular formula is C17H20FN3O2. The Hall–Kier alpha value is -2.63. The zero-order valence-electron chi connectivity index (χ0n) is 13.5. The van der Waals surface area contributed by atoms with Crippen LogP contribution < -0.4 is 9.64 Å². The molecule has 0 radical (unpaired) electrons. The van der Waals surface area contributed by atoms with E-state index in [9.17, 15) is 9.18 Å². The van der Waals surface area contributed by atoms with Crippen molar-refractivity contribution in [3.63, 3.8) is 0 Å². The highest BCUT2D eigenvalue weighted by atomic mass is 19.1. The van der Waals surface area contributed by atoms with Gasteiger partial charge in [-0.25, -0.2) is 4.39 Å². The van der Waals surface area contributed by atoms with E-state index in [2.05, 4.69) is 11.7 Å². The normalized spacial score (nSPS) is 10.7. The van der Waals surface area contributed by atoms with Crippen molar-refractivity contribution in [3.8, 4) is 5.75 Å². The predicted molar refractivity (Wildman–Crippen MR) is 87.0 cm³/mol. The van der Waals surface area contributed by atoms with Gasteiger partial charge in [-0.15, -0.1) is 0 Å². The van der Waals surface area contributed by atoms with Crippen LogP contribution in [-0.4, -0.2) is 22.8 Å². The van der Waals surface area contributed by atoms with E-state index in [-0.39, 0.29) is 17.7 Å². The van der Waals surface area contributed by atoms with Gasteiger partial charge in [0.2, 0.25) is 0 Å². The number of carbonyl (C=O) groups is 1. The smallest absolute Gasteiger partial charge is 0.250 e. The van der Waals surface area contributed by atoms with Crippen molar-refractivity contribution >= 4 is 11.6 Å². The van der Waals surface area contributed by atoms with Gasteiger partial charge >= 0.3 is 0 Å². The van der Waals surface area contributed by atoms with Gasteiger partial charge in [0.15, 0.2) is 11.6 Å².